The summed E-state index contributed by atoms with van der Waals surface area (Å²) in [4.78, 5) is 11.0. The molecule has 1 aromatic carbocycles. The van der Waals surface area contributed by atoms with Crippen LogP contribution in [0.2, 0.25) is 0 Å². The van der Waals surface area contributed by atoms with Gasteiger partial charge in [-0.05, 0) is 47.7 Å². The largest absolute Gasteiger partial charge is 0.490 e. The zero-order valence-corrected chi connectivity index (χ0v) is 10.9. The number of carbonyl (C=O) groups is 1. The number of benzene rings is 1. The normalized spacial score (nSPS) is 11.9. The van der Waals surface area contributed by atoms with Crippen molar-refractivity contribution in [2.45, 2.75) is 19.4 Å². The average Bonchev–Trinajstić information content (AvgIpc) is 2.17. The van der Waals surface area contributed by atoms with Gasteiger partial charge in [-0.2, -0.15) is 0 Å². The minimum absolute atomic E-state index is 0.171. The van der Waals surface area contributed by atoms with Crippen LogP contribution in [-0.2, 0) is 9.53 Å². The highest BCUT2D eigenvalue weighted by Gasteiger charge is 2.10. The fourth-order valence-corrected chi connectivity index (χ4v) is 1.65. The van der Waals surface area contributed by atoms with Crippen LogP contribution < -0.4 is 4.74 Å². The van der Waals surface area contributed by atoms with Crippen molar-refractivity contribution in [3.05, 3.63) is 27.8 Å². The van der Waals surface area contributed by atoms with Crippen molar-refractivity contribution in [1.82, 2.24) is 0 Å². The maximum Gasteiger partial charge on any atom is 0.309 e. The van der Waals surface area contributed by atoms with Gasteiger partial charge in [0.05, 0.1) is 13.5 Å². The lowest BCUT2D eigenvalue weighted by molar-refractivity contribution is -0.142. The molecule has 0 radical (unpaired) electrons. The molecule has 0 saturated heterocycles. The van der Waals surface area contributed by atoms with Crippen LogP contribution >= 0.6 is 22.6 Å². The monoisotopic (exact) mass is 320 g/mol. The summed E-state index contributed by atoms with van der Waals surface area (Å²) >= 11 is 2.21. The lowest BCUT2D eigenvalue weighted by atomic mass is 10.3. The first-order valence-corrected chi connectivity index (χ1v) is 5.68. The SMILES string of the molecule is COC(=O)CC(C)Oc1cccc(I)c1. The summed E-state index contributed by atoms with van der Waals surface area (Å²) in [6.45, 7) is 1.84. The van der Waals surface area contributed by atoms with Crippen LogP contribution in [0.15, 0.2) is 24.3 Å². The van der Waals surface area contributed by atoms with Gasteiger partial charge >= 0.3 is 5.97 Å². The molecule has 82 valence electrons. The Bertz CT molecular complexity index is 338. The predicted molar refractivity (Wildman–Crippen MR) is 65.9 cm³/mol. The summed E-state index contributed by atoms with van der Waals surface area (Å²) in [7, 11) is 1.38. The van der Waals surface area contributed by atoms with E-state index in [0.29, 0.717) is 0 Å². The molecule has 0 N–H and O–H groups in total. The molecule has 1 unspecified atom stereocenters. The first-order valence-electron chi connectivity index (χ1n) is 4.61. The Morgan fingerprint density at radius 2 is 2.27 bits per heavy atom. The van der Waals surface area contributed by atoms with Gasteiger partial charge in [0.2, 0.25) is 0 Å². The maximum atomic E-state index is 11.0. The van der Waals surface area contributed by atoms with Gasteiger partial charge in [-0.1, -0.05) is 6.07 Å². The highest BCUT2D eigenvalue weighted by molar-refractivity contribution is 14.1. The topological polar surface area (TPSA) is 35.5 Å². The molecular weight excluding hydrogens is 307 g/mol. The third-order valence-electron chi connectivity index (χ3n) is 1.82. The van der Waals surface area contributed by atoms with Crippen LogP contribution in [-0.4, -0.2) is 19.2 Å². The van der Waals surface area contributed by atoms with Gasteiger partial charge in [0.25, 0.3) is 0 Å². The molecule has 3 nitrogen and oxygen atoms in total. The molecule has 1 rings (SSSR count). The maximum absolute atomic E-state index is 11.0. The van der Waals surface area contributed by atoms with E-state index in [1.54, 1.807) is 0 Å². The number of halogens is 1. The second-order valence-corrected chi connectivity index (χ2v) is 4.41. The molecule has 1 aromatic rings. The van der Waals surface area contributed by atoms with Gasteiger partial charge in [0.1, 0.15) is 11.9 Å². The summed E-state index contributed by atoms with van der Waals surface area (Å²) in [5, 5.41) is 0. The predicted octanol–water partition coefficient (Wildman–Crippen LogP) is 2.62. The Morgan fingerprint density at radius 1 is 1.53 bits per heavy atom. The first kappa shape index (κ1) is 12.3. The summed E-state index contributed by atoms with van der Waals surface area (Å²) in [5.41, 5.74) is 0. The zero-order chi connectivity index (χ0) is 11.3. The molecule has 0 aliphatic carbocycles. The molecule has 0 aromatic heterocycles. The zero-order valence-electron chi connectivity index (χ0n) is 8.70. The van der Waals surface area contributed by atoms with E-state index in [1.165, 1.54) is 7.11 Å². The summed E-state index contributed by atoms with van der Waals surface area (Å²) in [5.74, 6) is 0.520. The Hall–Kier alpha value is -0.780. The van der Waals surface area contributed by atoms with E-state index < -0.39 is 0 Å². The Morgan fingerprint density at radius 3 is 2.87 bits per heavy atom. The third kappa shape index (κ3) is 4.51. The molecule has 4 heteroatoms. The number of esters is 1. The first-order chi connectivity index (χ1) is 7.11. The van der Waals surface area contributed by atoms with Crippen molar-refractivity contribution in [3.8, 4) is 5.75 Å². The van der Waals surface area contributed by atoms with Crippen LogP contribution in [0, 0.1) is 3.57 Å². The highest BCUT2D eigenvalue weighted by Crippen LogP contribution is 2.17. The van der Waals surface area contributed by atoms with E-state index in [1.807, 2.05) is 31.2 Å². The van der Waals surface area contributed by atoms with Crippen LogP contribution in [0.4, 0.5) is 0 Å². The van der Waals surface area contributed by atoms with Gasteiger partial charge in [0, 0.05) is 3.57 Å². The summed E-state index contributed by atoms with van der Waals surface area (Å²) < 4.78 is 11.2. The number of ether oxygens (including phenoxy) is 2. The molecule has 1 atom stereocenters. The standard InChI is InChI=1S/C11H13IO3/c1-8(6-11(13)14-2)15-10-5-3-4-9(12)7-10/h3-5,7-8H,6H2,1-2H3. The molecular formula is C11H13IO3. The third-order valence-corrected chi connectivity index (χ3v) is 2.49. The van der Waals surface area contributed by atoms with Crippen LogP contribution in [0.25, 0.3) is 0 Å². The molecule has 0 spiro atoms. The Labute approximate surface area is 103 Å². The molecule has 0 fully saturated rings. The number of hydrogen-bond acceptors (Lipinski definition) is 3. The van der Waals surface area contributed by atoms with Crippen molar-refractivity contribution in [2.75, 3.05) is 7.11 Å². The van der Waals surface area contributed by atoms with E-state index in [9.17, 15) is 4.79 Å². The lowest BCUT2D eigenvalue weighted by Crippen LogP contribution is -2.17. The molecule has 0 heterocycles. The Kier molecular flexibility index (Phi) is 4.87. The van der Waals surface area contributed by atoms with E-state index in [0.717, 1.165) is 9.32 Å². The van der Waals surface area contributed by atoms with Crippen molar-refractivity contribution in [1.29, 1.82) is 0 Å². The van der Waals surface area contributed by atoms with E-state index >= 15 is 0 Å². The number of methoxy groups -OCH3 is 1. The minimum atomic E-state index is -0.256. The molecule has 15 heavy (non-hydrogen) atoms. The number of carbonyl (C=O) groups excluding carboxylic acids is 1. The van der Waals surface area contributed by atoms with E-state index in [4.69, 9.17) is 4.74 Å². The van der Waals surface area contributed by atoms with Crippen LogP contribution in [0.3, 0.4) is 0 Å². The fraction of sp³-hybridized carbons (Fsp3) is 0.364. The smallest absolute Gasteiger partial charge is 0.309 e. The average molecular weight is 320 g/mol. The molecule has 0 aliphatic rings. The lowest BCUT2D eigenvalue weighted by Gasteiger charge is -2.13. The number of hydrogen-bond donors (Lipinski definition) is 0. The van der Waals surface area contributed by atoms with Crippen molar-refractivity contribution < 1.29 is 14.3 Å². The number of rotatable bonds is 4. The van der Waals surface area contributed by atoms with Crippen LogP contribution in [0.1, 0.15) is 13.3 Å². The van der Waals surface area contributed by atoms with Gasteiger partial charge in [-0.25, -0.2) is 0 Å². The molecule has 0 saturated carbocycles. The van der Waals surface area contributed by atoms with Gasteiger partial charge in [-0.3, -0.25) is 4.79 Å². The van der Waals surface area contributed by atoms with Gasteiger partial charge < -0.3 is 9.47 Å². The second kappa shape index (κ2) is 5.95. The second-order valence-electron chi connectivity index (χ2n) is 3.17. The quantitative estimate of drug-likeness (QED) is 0.632. The Balaban J connectivity index is 2.51. The van der Waals surface area contributed by atoms with Crippen molar-refractivity contribution in [2.24, 2.45) is 0 Å². The van der Waals surface area contributed by atoms with E-state index in [-0.39, 0.29) is 18.5 Å². The summed E-state index contributed by atoms with van der Waals surface area (Å²) in [6.07, 6.45) is 0.0952. The van der Waals surface area contributed by atoms with Gasteiger partial charge in [0.15, 0.2) is 0 Å². The highest BCUT2D eigenvalue weighted by atomic mass is 127. The summed E-state index contributed by atoms with van der Waals surface area (Å²) in [6, 6.07) is 7.70. The van der Waals surface area contributed by atoms with Crippen LogP contribution in [0.5, 0.6) is 5.75 Å². The minimum Gasteiger partial charge on any atom is -0.490 e. The van der Waals surface area contributed by atoms with Crippen molar-refractivity contribution >= 4 is 28.6 Å². The van der Waals surface area contributed by atoms with Crippen molar-refractivity contribution in [3.63, 3.8) is 0 Å². The van der Waals surface area contributed by atoms with E-state index in [2.05, 4.69) is 27.3 Å². The fourth-order valence-electron chi connectivity index (χ4n) is 1.13. The molecule has 0 bridgehead atoms. The molecule has 0 aliphatic heterocycles. The van der Waals surface area contributed by atoms with Gasteiger partial charge in [-0.15, -0.1) is 0 Å². The molecule has 0 amide bonds.